The summed E-state index contributed by atoms with van der Waals surface area (Å²) in [4.78, 5) is 30.0. The first-order valence-corrected chi connectivity index (χ1v) is 10.9. The SMILES string of the molecule is COCCN(CC(=O)N(Cc1ccccc1)Cc1ccco1)C(=O)c1ccc(OC)cc1OC. The predicted molar refractivity (Wildman–Crippen MR) is 127 cm³/mol. The average molecular weight is 467 g/mol. The van der Waals surface area contributed by atoms with Crippen LogP contribution >= 0.6 is 0 Å². The van der Waals surface area contributed by atoms with Crippen molar-refractivity contribution < 1.29 is 28.2 Å². The molecule has 0 fully saturated rings. The van der Waals surface area contributed by atoms with Gasteiger partial charge in [0.2, 0.25) is 5.91 Å². The zero-order valence-electron chi connectivity index (χ0n) is 19.7. The van der Waals surface area contributed by atoms with E-state index < -0.39 is 0 Å². The molecule has 0 saturated heterocycles. The summed E-state index contributed by atoms with van der Waals surface area (Å²) in [7, 11) is 4.58. The molecule has 0 aliphatic rings. The minimum absolute atomic E-state index is 0.120. The summed E-state index contributed by atoms with van der Waals surface area (Å²) >= 11 is 0. The van der Waals surface area contributed by atoms with Gasteiger partial charge in [0.1, 0.15) is 23.8 Å². The van der Waals surface area contributed by atoms with Crippen LogP contribution in [0.25, 0.3) is 0 Å². The molecule has 2 amide bonds. The summed E-state index contributed by atoms with van der Waals surface area (Å²) in [6, 6.07) is 18.3. The Hall–Kier alpha value is -3.78. The van der Waals surface area contributed by atoms with Crippen molar-refractivity contribution in [2.24, 2.45) is 0 Å². The van der Waals surface area contributed by atoms with Crippen LogP contribution in [0.4, 0.5) is 0 Å². The maximum atomic E-state index is 13.4. The molecule has 0 radical (unpaired) electrons. The smallest absolute Gasteiger partial charge is 0.258 e. The Kier molecular flexibility index (Phi) is 9.11. The van der Waals surface area contributed by atoms with Gasteiger partial charge in [-0.3, -0.25) is 9.59 Å². The molecule has 8 heteroatoms. The summed E-state index contributed by atoms with van der Waals surface area (Å²) < 4.78 is 21.3. The number of carbonyl (C=O) groups excluding carboxylic acids is 2. The van der Waals surface area contributed by atoms with E-state index in [2.05, 4.69) is 0 Å². The molecule has 0 saturated carbocycles. The van der Waals surface area contributed by atoms with Crippen LogP contribution in [0.15, 0.2) is 71.3 Å². The Morgan fingerprint density at radius 1 is 0.882 bits per heavy atom. The lowest BCUT2D eigenvalue weighted by atomic mass is 10.1. The van der Waals surface area contributed by atoms with Gasteiger partial charge in [-0.05, 0) is 29.8 Å². The van der Waals surface area contributed by atoms with Crippen molar-refractivity contribution in [2.45, 2.75) is 13.1 Å². The Morgan fingerprint density at radius 3 is 2.32 bits per heavy atom. The Balaban J connectivity index is 1.83. The molecule has 0 aliphatic carbocycles. The number of ether oxygens (including phenoxy) is 3. The molecule has 0 N–H and O–H groups in total. The molecule has 8 nitrogen and oxygen atoms in total. The van der Waals surface area contributed by atoms with Gasteiger partial charge >= 0.3 is 0 Å². The van der Waals surface area contributed by atoms with E-state index in [1.807, 2.05) is 36.4 Å². The molecule has 180 valence electrons. The van der Waals surface area contributed by atoms with E-state index in [-0.39, 0.29) is 31.5 Å². The Morgan fingerprint density at radius 2 is 1.68 bits per heavy atom. The third-order valence-electron chi connectivity index (χ3n) is 5.31. The number of hydrogen-bond acceptors (Lipinski definition) is 6. The molecular formula is C26H30N2O6. The van der Waals surface area contributed by atoms with Crippen LogP contribution in [-0.4, -0.2) is 62.6 Å². The van der Waals surface area contributed by atoms with E-state index in [0.29, 0.717) is 35.9 Å². The number of rotatable bonds is 12. The molecule has 0 aliphatic heterocycles. The Bertz CT molecular complexity index is 1050. The van der Waals surface area contributed by atoms with E-state index in [1.54, 1.807) is 49.6 Å². The quantitative estimate of drug-likeness (QED) is 0.406. The molecule has 34 heavy (non-hydrogen) atoms. The van der Waals surface area contributed by atoms with E-state index in [1.165, 1.54) is 12.0 Å². The minimum Gasteiger partial charge on any atom is -0.497 e. The third-order valence-corrected chi connectivity index (χ3v) is 5.31. The number of methoxy groups -OCH3 is 3. The van der Waals surface area contributed by atoms with Crippen molar-refractivity contribution in [3.63, 3.8) is 0 Å². The largest absolute Gasteiger partial charge is 0.497 e. The second-order valence-electron chi connectivity index (χ2n) is 7.60. The minimum atomic E-state index is -0.331. The fourth-order valence-electron chi connectivity index (χ4n) is 3.49. The van der Waals surface area contributed by atoms with E-state index >= 15 is 0 Å². The number of nitrogens with zero attached hydrogens (tertiary/aromatic N) is 2. The van der Waals surface area contributed by atoms with Crippen LogP contribution in [0.3, 0.4) is 0 Å². The van der Waals surface area contributed by atoms with Crippen molar-refractivity contribution in [1.82, 2.24) is 9.80 Å². The van der Waals surface area contributed by atoms with Gasteiger partial charge in [-0.25, -0.2) is 0 Å². The monoisotopic (exact) mass is 466 g/mol. The average Bonchev–Trinajstić information content (AvgIpc) is 3.39. The highest BCUT2D eigenvalue weighted by molar-refractivity contribution is 5.99. The van der Waals surface area contributed by atoms with Crippen LogP contribution in [0.1, 0.15) is 21.7 Å². The van der Waals surface area contributed by atoms with Gasteiger partial charge in [0.05, 0.1) is 39.2 Å². The lowest BCUT2D eigenvalue weighted by Crippen LogP contribution is -2.43. The van der Waals surface area contributed by atoms with Crippen molar-refractivity contribution in [3.8, 4) is 11.5 Å². The van der Waals surface area contributed by atoms with E-state index in [9.17, 15) is 9.59 Å². The molecule has 0 atom stereocenters. The zero-order chi connectivity index (χ0) is 24.3. The highest BCUT2D eigenvalue weighted by atomic mass is 16.5. The van der Waals surface area contributed by atoms with Gasteiger partial charge in [0, 0.05) is 26.3 Å². The molecular weight excluding hydrogens is 436 g/mol. The van der Waals surface area contributed by atoms with Gasteiger partial charge in [-0.2, -0.15) is 0 Å². The molecule has 2 aromatic carbocycles. The zero-order valence-corrected chi connectivity index (χ0v) is 19.7. The first kappa shape index (κ1) is 24.9. The topological polar surface area (TPSA) is 81.5 Å². The summed E-state index contributed by atoms with van der Waals surface area (Å²) in [5.41, 5.74) is 1.32. The predicted octanol–water partition coefficient (Wildman–Crippen LogP) is 3.61. The van der Waals surface area contributed by atoms with Crippen LogP contribution in [0.2, 0.25) is 0 Å². The van der Waals surface area contributed by atoms with Crippen molar-refractivity contribution in [1.29, 1.82) is 0 Å². The summed E-state index contributed by atoms with van der Waals surface area (Å²) in [6.07, 6.45) is 1.57. The fraction of sp³-hybridized carbons (Fsp3) is 0.308. The molecule has 0 bridgehead atoms. The maximum absolute atomic E-state index is 13.4. The lowest BCUT2D eigenvalue weighted by Gasteiger charge is -2.28. The molecule has 3 aromatic rings. The summed E-state index contributed by atoms with van der Waals surface area (Å²) in [5.74, 6) is 1.06. The number of amides is 2. The molecule has 1 aromatic heterocycles. The number of benzene rings is 2. The second kappa shape index (κ2) is 12.5. The molecule has 1 heterocycles. The van der Waals surface area contributed by atoms with Gasteiger partial charge in [-0.1, -0.05) is 30.3 Å². The van der Waals surface area contributed by atoms with Gasteiger partial charge in [0.25, 0.3) is 5.91 Å². The highest BCUT2D eigenvalue weighted by Crippen LogP contribution is 2.26. The van der Waals surface area contributed by atoms with Crippen LogP contribution in [0, 0.1) is 0 Å². The summed E-state index contributed by atoms with van der Waals surface area (Å²) in [6.45, 7) is 1.09. The van der Waals surface area contributed by atoms with Gasteiger partial charge in [0.15, 0.2) is 0 Å². The standard InChI is InChI=1S/C26H30N2O6/c1-31-15-13-27(26(30)23-12-11-21(32-2)16-24(23)33-3)19-25(29)28(18-22-10-7-14-34-22)17-20-8-5-4-6-9-20/h4-12,14,16H,13,15,17-19H2,1-3H3. The van der Waals surface area contributed by atoms with Crippen molar-refractivity contribution in [2.75, 3.05) is 41.0 Å². The van der Waals surface area contributed by atoms with Crippen molar-refractivity contribution in [3.05, 3.63) is 83.8 Å². The second-order valence-corrected chi connectivity index (χ2v) is 7.60. The van der Waals surface area contributed by atoms with Crippen molar-refractivity contribution >= 4 is 11.8 Å². The Labute approximate surface area is 199 Å². The van der Waals surface area contributed by atoms with Crippen LogP contribution in [0.5, 0.6) is 11.5 Å². The van der Waals surface area contributed by atoms with Gasteiger partial charge < -0.3 is 28.4 Å². The highest BCUT2D eigenvalue weighted by Gasteiger charge is 2.25. The normalized spacial score (nSPS) is 10.6. The third kappa shape index (κ3) is 6.62. The first-order chi connectivity index (χ1) is 16.5. The molecule has 0 unspecified atom stereocenters. The van der Waals surface area contributed by atoms with Crippen LogP contribution < -0.4 is 9.47 Å². The number of carbonyl (C=O) groups is 2. The lowest BCUT2D eigenvalue weighted by molar-refractivity contribution is -0.133. The summed E-state index contributed by atoms with van der Waals surface area (Å²) in [5, 5.41) is 0. The fourth-order valence-corrected chi connectivity index (χ4v) is 3.49. The molecule has 0 spiro atoms. The van der Waals surface area contributed by atoms with Gasteiger partial charge in [-0.15, -0.1) is 0 Å². The number of hydrogen-bond donors (Lipinski definition) is 0. The van der Waals surface area contributed by atoms with Crippen LogP contribution in [-0.2, 0) is 22.6 Å². The maximum Gasteiger partial charge on any atom is 0.258 e. The first-order valence-electron chi connectivity index (χ1n) is 10.9. The number of furan rings is 1. The molecule has 3 rings (SSSR count). The van der Waals surface area contributed by atoms with E-state index in [4.69, 9.17) is 18.6 Å². The van der Waals surface area contributed by atoms with E-state index in [0.717, 1.165) is 5.56 Å².